The number of benzene rings is 2. The minimum Gasteiger partial charge on any atom is -0.306 e. The first-order valence-electron chi connectivity index (χ1n) is 6.80. The Balaban J connectivity index is 2.19. The number of para-hydroxylation sites is 1. The Labute approximate surface area is 120 Å². The molecule has 1 amide bonds. The fraction of sp³-hybridized carbons (Fsp3) is 0.167. The third kappa shape index (κ3) is 3.58. The van der Waals surface area contributed by atoms with Gasteiger partial charge in [-0.2, -0.15) is 0 Å². The number of amides is 1. The van der Waals surface area contributed by atoms with Crippen molar-refractivity contribution in [2.45, 2.75) is 19.9 Å². The maximum atomic E-state index is 12.4. The van der Waals surface area contributed by atoms with Gasteiger partial charge < -0.3 is 4.90 Å². The van der Waals surface area contributed by atoms with Crippen LogP contribution in [0.5, 0.6) is 0 Å². The fourth-order valence-corrected chi connectivity index (χ4v) is 2.08. The van der Waals surface area contributed by atoms with Crippen LogP contribution in [0.3, 0.4) is 0 Å². The van der Waals surface area contributed by atoms with E-state index in [0.717, 1.165) is 11.3 Å². The van der Waals surface area contributed by atoms with Gasteiger partial charge in [-0.1, -0.05) is 48.5 Å². The van der Waals surface area contributed by atoms with Gasteiger partial charge in [0.05, 0.1) is 0 Å². The van der Waals surface area contributed by atoms with E-state index in [2.05, 4.69) is 0 Å². The largest absolute Gasteiger partial charge is 0.306 e. The lowest BCUT2D eigenvalue weighted by atomic mass is 10.2. The quantitative estimate of drug-likeness (QED) is 0.761. The number of carbonyl (C=O) groups is 1. The van der Waals surface area contributed by atoms with Gasteiger partial charge in [-0.05, 0) is 37.6 Å². The summed E-state index contributed by atoms with van der Waals surface area (Å²) in [6, 6.07) is 19.7. The average Bonchev–Trinajstić information content (AvgIpc) is 2.47. The van der Waals surface area contributed by atoms with Crippen LogP contribution in [0.4, 0.5) is 5.69 Å². The van der Waals surface area contributed by atoms with Gasteiger partial charge in [0.15, 0.2) is 0 Å². The van der Waals surface area contributed by atoms with Gasteiger partial charge >= 0.3 is 0 Å². The number of rotatable bonds is 4. The third-order valence-electron chi connectivity index (χ3n) is 3.01. The lowest BCUT2D eigenvalue weighted by molar-refractivity contribution is -0.114. The number of hydrogen-bond acceptors (Lipinski definition) is 1. The maximum Gasteiger partial charge on any atom is 0.251 e. The normalized spacial score (nSPS) is 10.9. The predicted molar refractivity (Wildman–Crippen MR) is 84.5 cm³/mol. The minimum absolute atomic E-state index is 0.00458. The van der Waals surface area contributed by atoms with Crippen LogP contribution in [-0.2, 0) is 4.79 Å². The van der Waals surface area contributed by atoms with Crippen molar-refractivity contribution in [2.75, 3.05) is 4.90 Å². The zero-order chi connectivity index (χ0) is 14.4. The first-order chi connectivity index (χ1) is 9.68. The van der Waals surface area contributed by atoms with E-state index in [1.54, 1.807) is 11.0 Å². The molecule has 2 rings (SSSR count). The second kappa shape index (κ2) is 6.71. The van der Waals surface area contributed by atoms with Crippen molar-refractivity contribution >= 4 is 17.7 Å². The Bertz CT molecular complexity index is 573. The van der Waals surface area contributed by atoms with Gasteiger partial charge in [0, 0.05) is 17.8 Å². The van der Waals surface area contributed by atoms with Crippen LogP contribution < -0.4 is 4.90 Å². The average molecular weight is 265 g/mol. The zero-order valence-corrected chi connectivity index (χ0v) is 11.9. The van der Waals surface area contributed by atoms with E-state index >= 15 is 0 Å². The Morgan fingerprint density at radius 1 is 0.950 bits per heavy atom. The molecule has 2 heteroatoms. The SMILES string of the molecule is CC(C)N(C(=O)C=Cc1ccccc1)c1ccccc1. The molecular formula is C18H19NO. The summed E-state index contributed by atoms with van der Waals surface area (Å²) in [5, 5.41) is 0. The van der Waals surface area contributed by atoms with Gasteiger partial charge in [-0.25, -0.2) is 0 Å². The summed E-state index contributed by atoms with van der Waals surface area (Å²) in [7, 11) is 0. The fourth-order valence-electron chi connectivity index (χ4n) is 2.08. The molecule has 0 atom stereocenters. The molecule has 2 nitrogen and oxygen atoms in total. The molecule has 0 heterocycles. The zero-order valence-electron chi connectivity index (χ0n) is 11.9. The standard InChI is InChI=1S/C18H19NO/c1-15(2)19(17-11-7-4-8-12-17)18(20)14-13-16-9-5-3-6-10-16/h3-15H,1-2H3. The molecule has 0 saturated heterocycles. The minimum atomic E-state index is -0.00458. The molecular weight excluding hydrogens is 246 g/mol. The van der Waals surface area contributed by atoms with E-state index in [9.17, 15) is 4.79 Å². The highest BCUT2D eigenvalue weighted by Crippen LogP contribution is 2.17. The van der Waals surface area contributed by atoms with E-state index in [1.165, 1.54) is 0 Å². The molecule has 20 heavy (non-hydrogen) atoms. The van der Waals surface area contributed by atoms with Crippen LogP contribution in [0.1, 0.15) is 19.4 Å². The molecule has 0 saturated carbocycles. The molecule has 0 N–H and O–H groups in total. The second-order valence-electron chi connectivity index (χ2n) is 4.88. The van der Waals surface area contributed by atoms with Crippen molar-refractivity contribution in [3.63, 3.8) is 0 Å². The molecule has 0 unspecified atom stereocenters. The van der Waals surface area contributed by atoms with Crippen molar-refractivity contribution in [3.05, 3.63) is 72.3 Å². The first kappa shape index (κ1) is 14.1. The lowest BCUT2D eigenvalue weighted by Crippen LogP contribution is -2.35. The van der Waals surface area contributed by atoms with Crippen molar-refractivity contribution in [2.24, 2.45) is 0 Å². The van der Waals surface area contributed by atoms with Crippen molar-refractivity contribution in [1.29, 1.82) is 0 Å². The molecule has 0 radical (unpaired) electrons. The number of hydrogen-bond donors (Lipinski definition) is 0. The van der Waals surface area contributed by atoms with E-state index in [0.29, 0.717) is 0 Å². The number of nitrogens with zero attached hydrogens (tertiary/aromatic N) is 1. The second-order valence-corrected chi connectivity index (χ2v) is 4.88. The van der Waals surface area contributed by atoms with E-state index < -0.39 is 0 Å². The Morgan fingerprint density at radius 2 is 1.50 bits per heavy atom. The first-order valence-corrected chi connectivity index (χ1v) is 6.80. The molecule has 0 bridgehead atoms. The molecule has 0 spiro atoms. The highest BCUT2D eigenvalue weighted by atomic mass is 16.2. The van der Waals surface area contributed by atoms with Crippen molar-refractivity contribution in [1.82, 2.24) is 0 Å². The Kier molecular flexibility index (Phi) is 4.72. The highest BCUT2D eigenvalue weighted by molar-refractivity contribution is 6.04. The number of carbonyl (C=O) groups excluding carboxylic acids is 1. The van der Waals surface area contributed by atoms with Gasteiger partial charge in [0.1, 0.15) is 0 Å². The van der Waals surface area contributed by atoms with E-state index in [-0.39, 0.29) is 11.9 Å². The van der Waals surface area contributed by atoms with Gasteiger partial charge in [-0.3, -0.25) is 4.79 Å². The molecule has 0 fully saturated rings. The molecule has 0 aromatic heterocycles. The maximum absolute atomic E-state index is 12.4. The van der Waals surface area contributed by atoms with Gasteiger partial charge in [0.25, 0.3) is 5.91 Å². The summed E-state index contributed by atoms with van der Waals surface area (Å²) in [4.78, 5) is 14.2. The Morgan fingerprint density at radius 3 is 2.05 bits per heavy atom. The molecule has 2 aromatic rings. The van der Waals surface area contributed by atoms with E-state index in [4.69, 9.17) is 0 Å². The Hall–Kier alpha value is -2.35. The van der Waals surface area contributed by atoms with Crippen LogP contribution in [-0.4, -0.2) is 11.9 Å². The van der Waals surface area contributed by atoms with Crippen molar-refractivity contribution in [3.8, 4) is 0 Å². The van der Waals surface area contributed by atoms with Gasteiger partial charge in [0.2, 0.25) is 0 Å². The third-order valence-corrected chi connectivity index (χ3v) is 3.01. The summed E-state index contributed by atoms with van der Waals surface area (Å²) < 4.78 is 0. The monoisotopic (exact) mass is 265 g/mol. The summed E-state index contributed by atoms with van der Waals surface area (Å²) in [6.07, 6.45) is 3.48. The molecule has 0 aliphatic heterocycles. The van der Waals surface area contributed by atoms with Crippen LogP contribution in [0.25, 0.3) is 6.08 Å². The summed E-state index contributed by atoms with van der Waals surface area (Å²) in [5.74, 6) is -0.00458. The summed E-state index contributed by atoms with van der Waals surface area (Å²) >= 11 is 0. The molecule has 102 valence electrons. The summed E-state index contributed by atoms with van der Waals surface area (Å²) in [6.45, 7) is 4.03. The summed E-state index contributed by atoms with van der Waals surface area (Å²) in [5.41, 5.74) is 1.95. The smallest absolute Gasteiger partial charge is 0.251 e. The van der Waals surface area contributed by atoms with Crippen LogP contribution >= 0.6 is 0 Å². The lowest BCUT2D eigenvalue weighted by Gasteiger charge is -2.25. The predicted octanol–water partition coefficient (Wildman–Crippen LogP) is 4.14. The van der Waals surface area contributed by atoms with Crippen molar-refractivity contribution < 1.29 is 4.79 Å². The molecule has 0 aliphatic carbocycles. The van der Waals surface area contributed by atoms with Crippen LogP contribution in [0.2, 0.25) is 0 Å². The number of anilines is 1. The van der Waals surface area contributed by atoms with Crippen LogP contribution in [0.15, 0.2) is 66.7 Å². The topological polar surface area (TPSA) is 20.3 Å². The molecule has 2 aromatic carbocycles. The molecule has 0 aliphatic rings. The van der Waals surface area contributed by atoms with Gasteiger partial charge in [-0.15, -0.1) is 0 Å². The van der Waals surface area contributed by atoms with E-state index in [1.807, 2.05) is 80.6 Å². The van der Waals surface area contributed by atoms with Crippen LogP contribution in [0, 0.1) is 0 Å². The highest BCUT2D eigenvalue weighted by Gasteiger charge is 2.16.